The van der Waals surface area contributed by atoms with E-state index < -0.39 is 12.0 Å². The van der Waals surface area contributed by atoms with E-state index in [1.807, 2.05) is 0 Å². The summed E-state index contributed by atoms with van der Waals surface area (Å²) in [5, 5.41) is 15.0. The van der Waals surface area contributed by atoms with Gasteiger partial charge in [-0.05, 0) is 0 Å². The Bertz CT molecular complexity index is 339. The summed E-state index contributed by atoms with van der Waals surface area (Å²) in [4.78, 5) is 11.1. The van der Waals surface area contributed by atoms with Crippen molar-refractivity contribution in [2.24, 2.45) is 5.73 Å². The molecule has 14 heavy (non-hydrogen) atoms. The second-order valence-corrected chi connectivity index (χ2v) is 2.96. The molecule has 0 amide bonds. The smallest absolute Gasteiger partial charge is 0.360 e. The van der Waals surface area contributed by atoms with Gasteiger partial charge in [-0.15, -0.1) is 0 Å². The zero-order valence-electron chi connectivity index (χ0n) is 7.45. The van der Waals surface area contributed by atoms with Crippen LogP contribution in [0.1, 0.15) is 22.2 Å². The van der Waals surface area contributed by atoms with Crippen LogP contribution in [0.3, 0.4) is 0 Å². The summed E-state index contributed by atoms with van der Waals surface area (Å²) < 4.78 is 4.43. The molecule has 0 spiro atoms. The Kier molecular flexibility index (Phi) is 3.45. The van der Waals surface area contributed by atoms with E-state index >= 15 is 0 Å². The van der Waals surface area contributed by atoms with Crippen molar-refractivity contribution in [2.45, 2.75) is 6.04 Å². The third-order valence-electron chi connectivity index (χ3n) is 1.68. The van der Waals surface area contributed by atoms with Gasteiger partial charge in [0.2, 0.25) is 0 Å². The molecule has 0 saturated heterocycles. The second-order valence-electron chi connectivity index (χ2n) is 2.58. The van der Waals surface area contributed by atoms with Crippen molar-refractivity contribution >= 4 is 17.6 Å². The van der Waals surface area contributed by atoms with Gasteiger partial charge >= 0.3 is 5.97 Å². The quantitative estimate of drug-likeness (QED) is 0.614. The molecule has 7 heteroatoms. The predicted octanol–water partition coefficient (Wildman–Crippen LogP) is -0.158. The Morgan fingerprint density at radius 2 is 2.50 bits per heavy atom. The average Bonchev–Trinajstić information content (AvgIpc) is 2.58. The highest BCUT2D eigenvalue weighted by molar-refractivity contribution is 6.34. The predicted molar refractivity (Wildman–Crippen MR) is 49.0 cm³/mol. The molecule has 0 aliphatic rings. The Morgan fingerprint density at radius 3 is 3.00 bits per heavy atom. The fraction of sp³-hybridized carbons (Fsp3) is 0.429. The molecule has 0 aliphatic carbocycles. The van der Waals surface area contributed by atoms with E-state index in [1.54, 1.807) is 0 Å². The van der Waals surface area contributed by atoms with Crippen LogP contribution in [0, 0.1) is 0 Å². The summed E-state index contributed by atoms with van der Waals surface area (Å²) in [5.41, 5.74) is 5.77. The van der Waals surface area contributed by atoms with Gasteiger partial charge in [-0.1, -0.05) is 11.6 Å². The lowest BCUT2D eigenvalue weighted by Gasteiger charge is -2.04. The van der Waals surface area contributed by atoms with Crippen LogP contribution in [0.15, 0.2) is 0 Å². The minimum Gasteiger partial charge on any atom is -0.464 e. The first kappa shape index (κ1) is 11.0. The molecule has 78 valence electrons. The van der Waals surface area contributed by atoms with Crippen molar-refractivity contribution in [1.29, 1.82) is 0 Å². The Labute approximate surface area is 85.0 Å². The van der Waals surface area contributed by atoms with Crippen molar-refractivity contribution in [3.05, 3.63) is 16.4 Å². The third kappa shape index (κ3) is 1.87. The van der Waals surface area contributed by atoms with Gasteiger partial charge < -0.3 is 15.6 Å². The number of H-pyrrole nitrogens is 1. The maximum Gasteiger partial charge on any atom is 0.360 e. The van der Waals surface area contributed by atoms with Gasteiger partial charge in [0.25, 0.3) is 0 Å². The Balaban J connectivity index is 3.02. The van der Waals surface area contributed by atoms with Crippen LogP contribution in [-0.4, -0.2) is 35.0 Å². The Hall–Kier alpha value is -1.11. The highest BCUT2D eigenvalue weighted by Crippen LogP contribution is 2.22. The minimum absolute atomic E-state index is 0.0342. The number of rotatable bonds is 3. The van der Waals surface area contributed by atoms with Crippen LogP contribution in [0.25, 0.3) is 0 Å². The number of nitrogens with two attached hydrogens (primary N) is 1. The number of esters is 1. The van der Waals surface area contributed by atoms with Gasteiger partial charge in [-0.25, -0.2) is 4.79 Å². The molecule has 0 saturated carbocycles. The number of aromatic amines is 1. The molecular formula is C7H10ClN3O3. The van der Waals surface area contributed by atoms with Crippen LogP contribution in [0.2, 0.25) is 5.02 Å². The minimum atomic E-state index is -0.687. The molecule has 1 rings (SSSR count). The monoisotopic (exact) mass is 219 g/mol. The van der Waals surface area contributed by atoms with Crippen molar-refractivity contribution in [3.63, 3.8) is 0 Å². The first-order valence-corrected chi connectivity index (χ1v) is 4.18. The molecule has 0 fully saturated rings. The van der Waals surface area contributed by atoms with Gasteiger partial charge in [-0.2, -0.15) is 5.10 Å². The maximum absolute atomic E-state index is 11.1. The molecule has 6 nitrogen and oxygen atoms in total. The molecule has 1 aromatic heterocycles. The summed E-state index contributed by atoms with van der Waals surface area (Å²) in [5.74, 6) is -0.650. The van der Waals surface area contributed by atoms with E-state index in [4.69, 9.17) is 22.4 Å². The van der Waals surface area contributed by atoms with Crippen molar-refractivity contribution in [1.82, 2.24) is 10.2 Å². The summed E-state index contributed by atoms with van der Waals surface area (Å²) in [6.45, 7) is -0.289. The normalized spacial score (nSPS) is 12.6. The van der Waals surface area contributed by atoms with Crippen LogP contribution in [0.4, 0.5) is 0 Å². The first-order chi connectivity index (χ1) is 6.61. The van der Waals surface area contributed by atoms with Gasteiger partial charge in [-0.3, -0.25) is 5.10 Å². The molecule has 1 aromatic rings. The van der Waals surface area contributed by atoms with Gasteiger partial charge in [0.1, 0.15) is 0 Å². The largest absolute Gasteiger partial charge is 0.464 e. The number of ether oxygens (including phenoxy) is 1. The number of halogens is 1. The number of hydrogen-bond acceptors (Lipinski definition) is 5. The van der Waals surface area contributed by atoms with Gasteiger partial charge in [0.15, 0.2) is 5.69 Å². The number of aliphatic hydroxyl groups is 1. The molecule has 0 radical (unpaired) electrons. The molecule has 1 heterocycles. The molecule has 0 aliphatic heterocycles. The molecular weight excluding hydrogens is 210 g/mol. The van der Waals surface area contributed by atoms with Gasteiger partial charge in [0.05, 0.1) is 30.5 Å². The number of aromatic nitrogens is 2. The molecule has 4 N–H and O–H groups in total. The number of aliphatic hydroxyl groups excluding tert-OH is 1. The average molecular weight is 220 g/mol. The lowest BCUT2D eigenvalue weighted by Crippen LogP contribution is -2.15. The number of carbonyl (C=O) groups is 1. The standard InChI is InChI=1S/C7H10ClN3O3/c1-14-7(13)6-4(8)5(10-11-6)3(9)2-12/h3,12H,2,9H2,1H3,(H,10,11). The summed E-state index contributed by atoms with van der Waals surface area (Å²) in [6.07, 6.45) is 0. The zero-order chi connectivity index (χ0) is 10.7. The Morgan fingerprint density at radius 1 is 1.86 bits per heavy atom. The van der Waals surface area contributed by atoms with Crippen LogP contribution >= 0.6 is 11.6 Å². The van der Waals surface area contributed by atoms with Gasteiger partial charge in [0, 0.05) is 0 Å². The number of nitrogens with one attached hydrogen (secondary N) is 1. The van der Waals surface area contributed by atoms with Crippen molar-refractivity contribution in [3.8, 4) is 0 Å². The van der Waals surface area contributed by atoms with Crippen LogP contribution in [-0.2, 0) is 4.74 Å². The topological polar surface area (TPSA) is 101 Å². The van der Waals surface area contributed by atoms with Crippen LogP contribution < -0.4 is 5.73 Å². The van der Waals surface area contributed by atoms with Crippen molar-refractivity contribution in [2.75, 3.05) is 13.7 Å². The maximum atomic E-state index is 11.1. The molecule has 1 atom stereocenters. The third-order valence-corrected chi connectivity index (χ3v) is 2.06. The first-order valence-electron chi connectivity index (χ1n) is 3.80. The summed E-state index contributed by atoms with van der Waals surface area (Å²) in [7, 11) is 1.22. The SMILES string of the molecule is COC(=O)c1n[nH]c(C(N)CO)c1Cl. The van der Waals surface area contributed by atoms with E-state index in [-0.39, 0.29) is 17.3 Å². The molecule has 1 unspecified atom stereocenters. The lowest BCUT2D eigenvalue weighted by atomic mass is 10.2. The van der Waals surface area contributed by atoms with Crippen molar-refractivity contribution < 1.29 is 14.6 Å². The lowest BCUT2D eigenvalue weighted by molar-refractivity contribution is 0.0594. The highest BCUT2D eigenvalue weighted by Gasteiger charge is 2.21. The fourth-order valence-electron chi connectivity index (χ4n) is 0.911. The van der Waals surface area contributed by atoms with E-state index in [0.29, 0.717) is 5.69 Å². The van der Waals surface area contributed by atoms with Crippen LogP contribution in [0.5, 0.6) is 0 Å². The second kappa shape index (κ2) is 4.41. The fourth-order valence-corrected chi connectivity index (χ4v) is 1.21. The number of methoxy groups -OCH3 is 1. The van der Waals surface area contributed by atoms with E-state index in [9.17, 15) is 4.79 Å². The van der Waals surface area contributed by atoms with E-state index in [1.165, 1.54) is 7.11 Å². The molecule has 0 bridgehead atoms. The van der Waals surface area contributed by atoms with E-state index in [2.05, 4.69) is 14.9 Å². The zero-order valence-corrected chi connectivity index (χ0v) is 8.21. The highest BCUT2D eigenvalue weighted by atomic mass is 35.5. The summed E-state index contributed by atoms with van der Waals surface area (Å²) in [6, 6.07) is -0.687. The summed E-state index contributed by atoms with van der Waals surface area (Å²) >= 11 is 5.79. The molecule has 0 aromatic carbocycles. The number of carbonyl (C=O) groups excluding carboxylic acids is 1. The number of hydrogen-bond donors (Lipinski definition) is 3. The number of nitrogens with zero attached hydrogens (tertiary/aromatic N) is 1. The van der Waals surface area contributed by atoms with E-state index in [0.717, 1.165) is 0 Å².